The number of hydrogen-bond acceptors (Lipinski definition) is 3. The van der Waals surface area contributed by atoms with Gasteiger partial charge in [-0.15, -0.1) is 0 Å². The van der Waals surface area contributed by atoms with Gasteiger partial charge in [-0.05, 0) is 36.2 Å². The summed E-state index contributed by atoms with van der Waals surface area (Å²) in [5.41, 5.74) is 3.40. The van der Waals surface area contributed by atoms with Crippen LogP contribution in [-0.2, 0) is 6.42 Å². The summed E-state index contributed by atoms with van der Waals surface area (Å²) < 4.78 is 13.4. The molecular formula is C16H15FN2O. The third-order valence-electron chi connectivity index (χ3n) is 3.61. The molecule has 1 aromatic heterocycles. The summed E-state index contributed by atoms with van der Waals surface area (Å²) in [6.45, 7) is 2.62. The fraction of sp³-hybridized carbons (Fsp3) is 0.250. The Morgan fingerprint density at radius 3 is 2.90 bits per heavy atom. The van der Waals surface area contributed by atoms with Crippen LogP contribution in [0.2, 0.25) is 0 Å². The average Bonchev–Trinajstić information content (AvgIpc) is 2.89. The molecule has 0 spiro atoms. The number of Topliss-reactive ketones (excluding diaryl/α,β-unsaturated/α-hetero) is 1. The lowest BCUT2D eigenvalue weighted by molar-refractivity contribution is 0.0983. The van der Waals surface area contributed by atoms with Crippen LogP contribution < -0.4 is 4.90 Å². The molecule has 0 radical (unpaired) electrons. The van der Waals surface area contributed by atoms with Crippen molar-refractivity contribution in [3.63, 3.8) is 0 Å². The van der Waals surface area contributed by atoms with Gasteiger partial charge in [0.25, 0.3) is 0 Å². The summed E-state index contributed by atoms with van der Waals surface area (Å²) in [5.74, 6) is -0.203. The van der Waals surface area contributed by atoms with E-state index in [1.165, 1.54) is 6.07 Å². The Morgan fingerprint density at radius 1 is 1.35 bits per heavy atom. The van der Waals surface area contributed by atoms with E-state index in [1.54, 1.807) is 18.3 Å². The lowest BCUT2D eigenvalue weighted by Crippen LogP contribution is -2.14. The normalized spacial score (nSPS) is 13.4. The van der Waals surface area contributed by atoms with E-state index in [1.807, 2.05) is 24.0 Å². The monoisotopic (exact) mass is 270 g/mol. The van der Waals surface area contributed by atoms with E-state index in [4.69, 9.17) is 0 Å². The van der Waals surface area contributed by atoms with Crippen molar-refractivity contribution in [2.45, 2.75) is 19.8 Å². The maximum Gasteiger partial charge on any atom is 0.180 e. The van der Waals surface area contributed by atoms with E-state index in [-0.39, 0.29) is 11.6 Å². The van der Waals surface area contributed by atoms with E-state index in [2.05, 4.69) is 4.98 Å². The number of benzene rings is 1. The Kier molecular flexibility index (Phi) is 3.22. The van der Waals surface area contributed by atoms with Gasteiger partial charge in [-0.1, -0.05) is 13.0 Å². The highest BCUT2D eigenvalue weighted by molar-refractivity contribution is 5.94. The van der Waals surface area contributed by atoms with Crippen molar-refractivity contribution in [3.05, 3.63) is 53.6 Å². The molecule has 0 amide bonds. The number of fused-ring (bicyclic) bond motifs is 1. The predicted octanol–water partition coefficient (Wildman–Crippen LogP) is 3.51. The number of aromatic nitrogens is 1. The number of anilines is 2. The van der Waals surface area contributed by atoms with E-state index >= 15 is 0 Å². The second-order valence-electron chi connectivity index (χ2n) is 4.85. The first-order chi connectivity index (χ1) is 9.69. The van der Waals surface area contributed by atoms with Crippen LogP contribution in [0, 0.1) is 5.82 Å². The zero-order valence-corrected chi connectivity index (χ0v) is 11.3. The largest absolute Gasteiger partial charge is 0.340 e. The third-order valence-corrected chi connectivity index (χ3v) is 3.61. The quantitative estimate of drug-likeness (QED) is 0.800. The Morgan fingerprint density at radius 2 is 2.20 bits per heavy atom. The predicted molar refractivity (Wildman–Crippen MR) is 76.0 cm³/mol. The van der Waals surface area contributed by atoms with Gasteiger partial charge in [0.2, 0.25) is 0 Å². The Hall–Kier alpha value is -2.23. The molecule has 0 bridgehead atoms. The van der Waals surface area contributed by atoms with Gasteiger partial charge < -0.3 is 4.90 Å². The van der Waals surface area contributed by atoms with Crippen molar-refractivity contribution in [1.82, 2.24) is 4.98 Å². The number of carbonyl (C=O) groups excluding carboxylic acids is 1. The Balaban J connectivity index is 1.92. The molecule has 102 valence electrons. The van der Waals surface area contributed by atoms with Crippen LogP contribution in [0.25, 0.3) is 0 Å². The van der Waals surface area contributed by atoms with Crippen LogP contribution in [0.15, 0.2) is 36.5 Å². The van der Waals surface area contributed by atoms with E-state index in [9.17, 15) is 9.18 Å². The highest BCUT2D eigenvalue weighted by Crippen LogP contribution is 2.34. The molecule has 2 heterocycles. The topological polar surface area (TPSA) is 33.2 Å². The molecule has 1 aliphatic rings. The molecule has 20 heavy (non-hydrogen) atoms. The first kappa shape index (κ1) is 12.8. The van der Waals surface area contributed by atoms with Gasteiger partial charge >= 0.3 is 0 Å². The number of carbonyl (C=O) groups is 1. The van der Waals surface area contributed by atoms with E-state index in [0.29, 0.717) is 12.1 Å². The van der Waals surface area contributed by atoms with Crippen molar-refractivity contribution in [2.24, 2.45) is 0 Å². The molecule has 2 aromatic rings. The highest BCUT2D eigenvalue weighted by atomic mass is 19.1. The second-order valence-corrected chi connectivity index (χ2v) is 4.85. The SMILES string of the molecule is CCC(=O)c1ccc(N2CCc3ccc(F)cc32)cn1. The van der Waals surface area contributed by atoms with Gasteiger partial charge in [0.15, 0.2) is 5.78 Å². The molecule has 0 saturated heterocycles. The van der Waals surface area contributed by atoms with Crippen LogP contribution in [0.1, 0.15) is 29.4 Å². The average molecular weight is 270 g/mol. The summed E-state index contributed by atoms with van der Waals surface area (Å²) >= 11 is 0. The Labute approximate surface area is 117 Å². The van der Waals surface area contributed by atoms with Gasteiger partial charge in [0, 0.05) is 18.7 Å². The van der Waals surface area contributed by atoms with Crippen molar-refractivity contribution in [2.75, 3.05) is 11.4 Å². The zero-order valence-electron chi connectivity index (χ0n) is 11.3. The zero-order chi connectivity index (χ0) is 14.1. The van der Waals surface area contributed by atoms with Crippen LogP contribution in [-0.4, -0.2) is 17.3 Å². The van der Waals surface area contributed by atoms with Crippen molar-refractivity contribution in [1.29, 1.82) is 0 Å². The molecule has 0 unspecified atom stereocenters. The summed E-state index contributed by atoms with van der Waals surface area (Å²) in [5, 5.41) is 0. The maximum absolute atomic E-state index is 13.4. The molecule has 0 atom stereocenters. The summed E-state index contributed by atoms with van der Waals surface area (Å²) in [6, 6.07) is 8.47. The summed E-state index contributed by atoms with van der Waals surface area (Å²) in [4.78, 5) is 17.8. The molecule has 1 aliphatic heterocycles. The van der Waals surface area contributed by atoms with Crippen LogP contribution in [0.4, 0.5) is 15.8 Å². The summed E-state index contributed by atoms with van der Waals surface area (Å²) in [7, 11) is 0. The number of hydrogen-bond donors (Lipinski definition) is 0. The third kappa shape index (κ3) is 2.18. The number of rotatable bonds is 3. The van der Waals surface area contributed by atoms with Crippen molar-refractivity contribution >= 4 is 17.2 Å². The van der Waals surface area contributed by atoms with Crippen LogP contribution in [0.3, 0.4) is 0 Å². The molecule has 3 rings (SSSR count). The maximum atomic E-state index is 13.4. The first-order valence-corrected chi connectivity index (χ1v) is 6.74. The Bertz CT molecular complexity index is 652. The number of ketones is 1. The number of halogens is 1. The smallest absolute Gasteiger partial charge is 0.180 e. The minimum Gasteiger partial charge on any atom is -0.340 e. The lowest BCUT2D eigenvalue weighted by Gasteiger charge is -2.19. The van der Waals surface area contributed by atoms with Gasteiger partial charge in [-0.2, -0.15) is 0 Å². The van der Waals surface area contributed by atoms with Gasteiger partial charge in [-0.3, -0.25) is 9.78 Å². The molecule has 0 fully saturated rings. The molecule has 0 N–H and O–H groups in total. The van der Waals surface area contributed by atoms with Gasteiger partial charge in [0.05, 0.1) is 11.9 Å². The molecular weight excluding hydrogens is 255 g/mol. The molecule has 0 saturated carbocycles. The van der Waals surface area contributed by atoms with Gasteiger partial charge in [0.1, 0.15) is 11.5 Å². The first-order valence-electron chi connectivity index (χ1n) is 6.74. The minimum atomic E-state index is -0.235. The minimum absolute atomic E-state index is 0.0319. The molecule has 3 nitrogen and oxygen atoms in total. The highest BCUT2D eigenvalue weighted by Gasteiger charge is 2.21. The number of nitrogens with zero attached hydrogens (tertiary/aromatic N) is 2. The van der Waals surface area contributed by atoms with Crippen LogP contribution in [0.5, 0.6) is 0 Å². The number of pyridine rings is 1. The summed E-state index contributed by atoms with van der Waals surface area (Å²) in [6.07, 6.45) is 3.03. The van der Waals surface area contributed by atoms with Crippen molar-refractivity contribution < 1.29 is 9.18 Å². The van der Waals surface area contributed by atoms with Crippen molar-refractivity contribution in [3.8, 4) is 0 Å². The molecule has 4 heteroatoms. The van der Waals surface area contributed by atoms with Crippen LogP contribution >= 0.6 is 0 Å². The van der Waals surface area contributed by atoms with E-state index in [0.717, 1.165) is 29.9 Å². The lowest BCUT2D eigenvalue weighted by atomic mass is 10.1. The van der Waals surface area contributed by atoms with Gasteiger partial charge in [-0.25, -0.2) is 4.39 Å². The second kappa shape index (κ2) is 5.04. The fourth-order valence-corrected chi connectivity index (χ4v) is 2.51. The fourth-order valence-electron chi connectivity index (χ4n) is 2.51. The molecule has 1 aromatic carbocycles. The van der Waals surface area contributed by atoms with E-state index < -0.39 is 0 Å². The standard InChI is InChI=1S/C16H15FN2O/c1-2-16(20)14-6-5-13(10-18-14)19-8-7-11-3-4-12(17)9-15(11)19/h3-6,9-10H,2,7-8H2,1H3. The molecule has 0 aliphatic carbocycles.